The van der Waals surface area contributed by atoms with Crippen molar-refractivity contribution in [3.8, 4) is 0 Å². The van der Waals surface area contributed by atoms with Crippen LogP contribution >= 0.6 is 11.6 Å². The summed E-state index contributed by atoms with van der Waals surface area (Å²) in [6.45, 7) is 0.656. The highest BCUT2D eigenvalue weighted by molar-refractivity contribution is 6.31. The fraction of sp³-hybridized carbons (Fsp3) is 0.100. The highest BCUT2D eigenvalue weighted by atomic mass is 35.5. The Morgan fingerprint density at radius 3 is 2.38 bits per heavy atom. The molecule has 1 amide bonds. The van der Waals surface area contributed by atoms with E-state index in [0.29, 0.717) is 35.1 Å². The third-order valence-electron chi connectivity index (χ3n) is 3.84. The van der Waals surface area contributed by atoms with Gasteiger partial charge in [-0.3, -0.25) is 4.79 Å². The highest BCUT2D eigenvalue weighted by Crippen LogP contribution is 2.15. The summed E-state index contributed by atoms with van der Waals surface area (Å²) in [5.41, 5.74) is 1.84. The number of rotatable bonds is 6. The predicted molar refractivity (Wildman–Crippen MR) is 101 cm³/mol. The molecule has 4 nitrogen and oxygen atoms in total. The summed E-state index contributed by atoms with van der Waals surface area (Å²) >= 11 is 6.07. The van der Waals surface area contributed by atoms with Crippen molar-refractivity contribution in [1.29, 1.82) is 0 Å². The standard InChI is InChI=1S/C20H17ClFN3O/c21-17-7-3-1-5-14(17)11-25-20(26)16-9-10-19(24-13-16)23-12-15-6-2-4-8-18(15)22/h1-10,13H,11-12H2,(H,23,24)(H,25,26). The average Bonchev–Trinajstić information content (AvgIpc) is 2.67. The fourth-order valence-electron chi connectivity index (χ4n) is 2.38. The Morgan fingerprint density at radius 1 is 0.962 bits per heavy atom. The van der Waals surface area contributed by atoms with Gasteiger partial charge in [-0.2, -0.15) is 0 Å². The summed E-state index contributed by atoms with van der Waals surface area (Å²) in [7, 11) is 0. The van der Waals surface area contributed by atoms with Gasteiger partial charge in [0.15, 0.2) is 0 Å². The minimum Gasteiger partial charge on any atom is -0.366 e. The van der Waals surface area contributed by atoms with Crippen molar-refractivity contribution in [2.45, 2.75) is 13.1 Å². The van der Waals surface area contributed by atoms with Crippen LogP contribution in [0.3, 0.4) is 0 Å². The Labute approximate surface area is 156 Å². The molecule has 0 unspecified atom stereocenters. The number of anilines is 1. The topological polar surface area (TPSA) is 54.0 Å². The largest absolute Gasteiger partial charge is 0.366 e. The Bertz CT molecular complexity index is 900. The highest BCUT2D eigenvalue weighted by Gasteiger charge is 2.08. The van der Waals surface area contributed by atoms with Crippen LogP contribution in [0.25, 0.3) is 0 Å². The predicted octanol–water partition coefficient (Wildman–Crippen LogP) is 4.42. The molecule has 0 saturated heterocycles. The van der Waals surface area contributed by atoms with Crippen LogP contribution in [0, 0.1) is 5.82 Å². The molecule has 3 aromatic rings. The molecule has 2 N–H and O–H groups in total. The van der Waals surface area contributed by atoms with Gasteiger partial charge in [0.2, 0.25) is 0 Å². The zero-order valence-electron chi connectivity index (χ0n) is 13.9. The first-order chi connectivity index (χ1) is 12.6. The van der Waals surface area contributed by atoms with E-state index in [1.165, 1.54) is 12.3 Å². The van der Waals surface area contributed by atoms with Crippen molar-refractivity contribution in [2.75, 3.05) is 5.32 Å². The van der Waals surface area contributed by atoms with Crippen molar-refractivity contribution >= 4 is 23.3 Å². The van der Waals surface area contributed by atoms with Gasteiger partial charge in [-0.25, -0.2) is 9.37 Å². The third-order valence-corrected chi connectivity index (χ3v) is 4.21. The summed E-state index contributed by atoms with van der Waals surface area (Å²) in [6.07, 6.45) is 1.48. The SMILES string of the molecule is O=C(NCc1ccccc1Cl)c1ccc(NCc2ccccc2F)nc1. The molecule has 1 aromatic heterocycles. The van der Waals surface area contributed by atoms with Crippen LogP contribution in [0.4, 0.5) is 10.2 Å². The second-order valence-corrected chi connectivity index (χ2v) is 6.06. The summed E-state index contributed by atoms with van der Waals surface area (Å²) < 4.78 is 13.6. The van der Waals surface area contributed by atoms with E-state index in [-0.39, 0.29) is 11.7 Å². The second kappa shape index (κ2) is 8.45. The van der Waals surface area contributed by atoms with E-state index < -0.39 is 0 Å². The van der Waals surface area contributed by atoms with Crippen LogP contribution in [0.1, 0.15) is 21.5 Å². The molecule has 0 bridgehead atoms. The fourth-order valence-corrected chi connectivity index (χ4v) is 2.58. The van der Waals surface area contributed by atoms with E-state index in [1.807, 2.05) is 18.2 Å². The van der Waals surface area contributed by atoms with Crippen LogP contribution in [-0.4, -0.2) is 10.9 Å². The van der Waals surface area contributed by atoms with Crippen molar-refractivity contribution in [1.82, 2.24) is 10.3 Å². The van der Waals surface area contributed by atoms with E-state index in [1.54, 1.807) is 36.4 Å². The van der Waals surface area contributed by atoms with E-state index >= 15 is 0 Å². The molecule has 2 aromatic carbocycles. The van der Waals surface area contributed by atoms with Crippen molar-refractivity contribution in [2.24, 2.45) is 0 Å². The molecular formula is C20H17ClFN3O. The molecule has 3 rings (SSSR count). The Hall–Kier alpha value is -2.92. The molecule has 6 heteroatoms. The van der Waals surface area contributed by atoms with Gasteiger partial charge in [0.1, 0.15) is 11.6 Å². The number of hydrogen-bond acceptors (Lipinski definition) is 3. The van der Waals surface area contributed by atoms with Gasteiger partial charge < -0.3 is 10.6 Å². The number of benzene rings is 2. The van der Waals surface area contributed by atoms with Gasteiger partial charge in [-0.05, 0) is 29.8 Å². The minimum atomic E-state index is -0.268. The summed E-state index contributed by atoms with van der Waals surface area (Å²) in [4.78, 5) is 16.4. The second-order valence-electron chi connectivity index (χ2n) is 5.65. The molecule has 0 spiro atoms. The summed E-state index contributed by atoms with van der Waals surface area (Å²) in [5.74, 6) is 0.0598. The zero-order valence-corrected chi connectivity index (χ0v) is 14.6. The number of nitrogens with one attached hydrogen (secondary N) is 2. The first-order valence-electron chi connectivity index (χ1n) is 8.08. The molecule has 0 saturated carbocycles. The van der Waals surface area contributed by atoms with E-state index in [9.17, 15) is 9.18 Å². The average molecular weight is 370 g/mol. The normalized spacial score (nSPS) is 10.4. The van der Waals surface area contributed by atoms with Gasteiger partial charge in [0, 0.05) is 29.9 Å². The van der Waals surface area contributed by atoms with Gasteiger partial charge in [0.05, 0.1) is 5.56 Å². The number of pyridine rings is 1. The van der Waals surface area contributed by atoms with E-state index in [2.05, 4.69) is 15.6 Å². The molecule has 132 valence electrons. The third kappa shape index (κ3) is 4.58. The van der Waals surface area contributed by atoms with Gasteiger partial charge in [-0.15, -0.1) is 0 Å². The van der Waals surface area contributed by atoms with Crippen LogP contribution in [-0.2, 0) is 13.1 Å². The molecule has 0 aliphatic rings. The maximum atomic E-state index is 13.6. The maximum Gasteiger partial charge on any atom is 0.253 e. The maximum absolute atomic E-state index is 13.6. The lowest BCUT2D eigenvalue weighted by Gasteiger charge is -2.09. The van der Waals surface area contributed by atoms with Crippen LogP contribution in [0.15, 0.2) is 66.9 Å². The van der Waals surface area contributed by atoms with Crippen molar-refractivity contribution in [3.63, 3.8) is 0 Å². The number of halogens is 2. The number of nitrogens with zero attached hydrogens (tertiary/aromatic N) is 1. The van der Waals surface area contributed by atoms with Crippen molar-refractivity contribution in [3.05, 3.63) is 94.4 Å². The number of amides is 1. The monoisotopic (exact) mass is 369 g/mol. The quantitative estimate of drug-likeness (QED) is 0.676. The van der Waals surface area contributed by atoms with Crippen LogP contribution in [0.5, 0.6) is 0 Å². The minimum absolute atomic E-state index is 0.238. The summed E-state index contributed by atoms with van der Waals surface area (Å²) in [5, 5.41) is 6.45. The lowest BCUT2D eigenvalue weighted by Crippen LogP contribution is -2.23. The molecule has 0 atom stereocenters. The Kier molecular flexibility index (Phi) is 5.81. The molecule has 0 fully saturated rings. The van der Waals surface area contributed by atoms with Gasteiger partial charge >= 0.3 is 0 Å². The zero-order chi connectivity index (χ0) is 18.4. The first-order valence-corrected chi connectivity index (χ1v) is 8.46. The smallest absolute Gasteiger partial charge is 0.253 e. The van der Waals surface area contributed by atoms with Crippen LogP contribution in [0.2, 0.25) is 5.02 Å². The number of aromatic nitrogens is 1. The lowest BCUT2D eigenvalue weighted by molar-refractivity contribution is 0.0950. The van der Waals surface area contributed by atoms with Crippen LogP contribution < -0.4 is 10.6 Å². The van der Waals surface area contributed by atoms with Gasteiger partial charge in [0.25, 0.3) is 5.91 Å². The number of hydrogen-bond donors (Lipinski definition) is 2. The molecule has 0 aliphatic carbocycles. The number of carbonyl (C=O) groups is 1. The van der Waals surface area contributed by atoms with Gasteiger partial charge in [-0.1, -0.05) is 48.0 Å². The molecule has 26 heavy (non-hydrogen) atoms. The molecule has 1 heterocycles. The molecular weight excluding hydrogens is 353 g/mol. The Morgan fingerprint density at radius 2 is 1.69 bits per heavy atom. The Balaban J connectivity index is 1.56. The van der Waals surface area contributed by atoms with Crippen molar-refractivity contribution < 1.29 is 9.18 Å². The number of carbonyl (C=O) groups excluding carboxylic acids is 1. The molecule has 0 aliphatic heterocycles. The molecule has 0 radical (unpaired) electrons. The van der Waals surface area contributed by atoms with E-state index in [4.69, 9.17) is 11.6 Å². The van der Waals surface area contributed by atoms with E-state index in [0.717, 1.165) is 5.56 Å². The lowest BCUT2D eigenvalue weighted by atomic mass is 10.2. The summed E-state index contributed by atoms with van der Waals surface area (Å²) in [6, 6.07) is 17.2. The first kappa shape index (κ1) is 17.9.